The minimum atomic E-state index is -2.66. The minimum absolute atomic E-state index is 0.00545. The summed E-state index contributed by atoms with van der Waals surface area (Å²) in [6, 6.07) is 30.9. The predicted octanol–water partition coefficient (Wildman–Crippen LogP) is 7.63. The molecule has 0 amide bonds. The summed E-state index contributed by atoms with van der Waals surface area (Å²) in [5, 5.41) is 0. The van der Waals surface area contributed by atoms with Gasteiger partial charge in [-0.25, -0.2) is 0 Å². The molecular weight excluding hydrogens is 335 g/mol. The van der Waals surface area contributed by atoms with E-state index in [2.05, 4.69) is 57.2 Å². The van der Waals surface area contributed by atoms with Gasteiger partial charge in [-0.05, 0) is 16.7 Å². The Morgan fingerprint density at radius 3 is 0.962 bits per heavy atom. The maximum absolute atomic E-state index is 14.7. The van der Waals surface area contributed by atoms with Crippen molar-refractivity contribution in [2.24, 2.45) is 0 Å². The van der Waals surface area contributed by atoms with Gasteiger partial charge < -0.3 is 4.57 Å². The Kier molecular flexibility index (Phi) is 5.79. The van der Waals surface area contributed by atoms with E-state index in [4.69, 9.17) is 0 Å². The Hall–Kier alpha value is -2.11. The molecule has 1 nitrogen and oxygen atoms in total. The summed E-state index contributed by atoms with van der Waals surface area (Å²) in [6.45, 7) is 6.40. The zero-order valence-corrected chi connectivity index (χ0v) is 16.6. The van der Waals surface area contributed by atoms with E-state index in [1.54, 1.807) is 0 Å². The maximum atomic E-state index is 14.7. The van der Waals surface area contributed by atoms with E-state index in [1.807, 2.05) is 54.6 Å². The van der Waals surface area contributed by atoms with Crippen molar-refractivity contribution < 1.29 is 4.57 Å². The summed E-state index contributed by atoms with van der Waals surface area (Å²) in [5.74, 6) is 0. The number of hydrogen-bond donors (Lipinski definition) is 0. The first-order valence-electron chi connectivity index (χ1n) is 9.29. The average Bonchev–Trinajstić information content (AvgIpc) is 2.73. The molecule has 0 radical (unpaired) electrons. The second kappa shape index (κ2) is 8.06. The maximum Gasteiger partial charge on any atom is 0.108 e. The summed E-state index contributed by atoms with van der Waals surface area (Å²) in [5.41, 5.74) is 3.45. The topological polar surface area (TPSA) is 17.1 Å². The highest BCUT2D eigenvalue weighted by Gasteiger charge is 2.42. The smallest absolute Gasteiger partial charge is 0.108 e. The Morgan fingerprint density at radius 1 is 0.500 bits per heavy atom. The van der Waals surface area contributed by atoms with Gasteiger partial charge >= 0.3 is 0 Å². The van der Waals surface area contributed by atoms with Crippen molar-refractivity contribution in [2.45, 2.75) is 37.7 Å². The Morgan fingerprint density at radius 2 is 0.731 bits per heavy atom. The fourth-order valence-electron chi connectivity index (χ4n) is 3.90. The Balaban J connectivity index is 2.11. The highest BCUT2D eigenvalue weighted by atomic mass is 31.2. The van der Waals surface area contributed by atoms with Crippen molar-refractivity contribution in [3.05, 3.63) is 108 Å². The molecule has 3 aromatic rings. The molecule has 0 N–H and O–H groups in total. The Bertz CT molecular complexity index is 741. The largest absolute Gasteiger partial charge is 0.322 e. The number of hydrogen-bond acceptors (Lipinski definition) is 1. The van der Waals surface area contributed by atoms with Gasteiger partial charge in [-0.2, -0.15) is 0 Å². The van der Waals surface area contributed by atoms with E-state index in [1.165, 1.54) is 0 Å². The molecule has 3 atom stereocenters. The molecule has 0 aliphatic heterocycles. The van der Waals surface area contributed by atoms with Crippen LogP contribution in [0, 0.1) is 0 Å². The molecule has 0 aliphatic carbocycles. The zero-order valence-electron chi connectivity index (χ0n) is 15.7. The first kappa shape index (κ1) is 18.7. The van der Waals surface area contributed by atoms with Crippen molar-refractivity contribution in [3.63, 3.8) is 0 Å². The number of benzene rings is 3. The van der Waals surface area contributed by atoms with Gasteiger partial charge in [0.1, 0.15) is 7.14 Å². The van der Waals surface area contributed by atoms with Gasteiger partial charge in [0.15, 0.2) is 0 Å². The van der Waals surface area contributed by atoms with Crippen LogP contribution in [0.5, 0.6) is 0 Å². The third-order valence-electron chi connectivity index (χ3n) is 5.66. The van der Waals surface area contributed by atoms with Gasteiger partial charge in [0, 0.05) is 17.0 Å². The van der Waals surface area contributed by atoms with Gasteiger partial charge in [-0.15, -0.1) is 0 Å². The van der Waals surface area contributed by atoms with Gasteiger partial charge in [-0.1, -0.05) is 112 Å². The molecule has 2 heteroatoms. The predicted molar refractivity (Wildman–Crippen MR) is 112 cm³/mol. The van der Waals surface area contributed by atoms with E-state index < -0.39 is 7.14 Å². The lowest BCUT2D eigenvalue weighted by atomic mass is 10.1. The van der Waals surface area contributed by atoms with Crippen molar-refractivity contribution >= 4 is 7.14 Å². The molecular formula is C24H27OP. The fraction of sp³-hybridized carbons (Fsp3) is 0.250. The second-order valence-corrected chi connectivity index (χ2v) is 10.9. The summed E-state index contributed by atoms with van der Waals surface area (Å²) >= 11 is 0. The van der Waals surface area contributed by atoms with Crippen molar-refractivity contribution in [1.29, 1.82) is 0 Å². The molecule has 0 aromatic heterocycles. The number of rotatable bonds is 6. The van der Waals surface area contributed by atoms with Gasteiger partial charge in [0.05, 0.1) is 0 Å². The molecule has 0 saturated heterocycles. The SMILES string of the molecule is C[C@H](c1ccccc1)P(=O)([C@H](C)c1ccccc1)[C@@H](C)c1ccccc1. The first-order chi connectivity index (χ1) is 12.5. The fourth-order valence-corrected chi connectivity index (χ4v) is 7.83. The summed E-state index contributed by atoms with van der Waals surface area (Å²) in [4.78, 5) is 0. The van der Waals surface area contributed by atoms with Crippen LogP contribution in [-0.2, 0) is 4.57 Å². The monoisotopic (exact) mass is 362 g/mol. The lowest BCUT2D eigenvalue weighted by Crippen LogP contribution is -2.10. The standard InChI is InChI=1S/C24H27OP/c1-19(22-13-7-4-8-14-22)26(25,20(2)23-15-9-5-10-16-23)21(3)24-17-11-6-12-18-24/h4-21H,1-3H3/t19-,20-,21+/m1/s1. The molecule has 0 unspecified atom stereocenters. The van der Waals surface area contributed by atoms with E-state index in [0.717, 1.165) is 16.7 Å². The van der Waals surface area contributed by atoms with Crippen LogP contribution in [0.15, 0.2) is 91.0 Å². The lowest BCUT2D eigenvalue weighted by Gasteiger charge is -2.36. The molecule has 134 valence electrons. The van der Waals surface area contributed by atoms with E-state index in [-0.39, 0.29) is 17.0 Å². The third kappa shape index (κ3) is 3.55. The third-order valence-corrected chi connectivity index (χ3v) is 10.2. The lowest BCUT2D eigenvalue weighted by molar-refractivity contribution is 0.550. The van der Waals surface area contributed by atoms with Crippen LogP contribution in [0.1, 0.15) is 54.4 Å². The van der Waals surface area contributed by atoms with Crippen LogP contribution < -0.4 is 0 Å². The highest BCUT2D eigenvalue weighted by Crippen LogP contribution is 2.76. The van der Waals surface area contributed by atoms with Gasteiger partial charge in [0.2, 0.25) is 0 Å². The normalized spacial score (nSPS) is 15.2. The molecule has 26 heavy (non-hydrogen) atoms. The Labute approximate surface area is 157 Å². The van der Waals surface area contributed by atoms with Crippen molar-refractivity contribution in [3.8, 4) is 0 Å². The van der Waals surface area contributed by atoms with Crippen LogP contribution in [-0.4, -0.2) is 0 Å². The molecule has 0 spiro atoms. The van der Waals surface area contributed by atoms with E-state index in [0.29, 0.717) is 0 Å². The van der Waals surface area contributed by atoms with Crippen molar-refractivity contribution in [2.75, 3.05) is 0 Å². The molecule has 0 bridgehead atoms. The van der Waals surface area contributed by atoms with Crippen molar-refractivity contribution in [1.82, 2.24) is 0 Å². The van der Waals surface area contributed by atoms with Crippen LogP contribution in [0.3, 0.4) is 0 Å². The second-order valence-electron chi connectivity index (χ2n) is 7.02. The van der Waals surface area contributed by atoms with E-state index >= 15 is 0 Å². The molecule has 0 saturated carbocycles. The molecule has 0 heterocycles. The van der Waals surface area contributed by atoms with E-state index in [9.17, 15) is 4.57 Å². The zero-order chi connectivity index (χ0) is 18.6. The quantitative estimate of drug-likeness (QED) is 0.412. The van der Waals surface area contributed by atoms with Crippen LogP contribution in [0.4, 0.5) is 0 Å². The van der Waals surface area contributed by atoms with Crippen LogP contribution >= 0.6 is 7.14 Å². The summed E-state index contributed by atoms with van der Waals surface area (Å²) in [7, 11) is -2.66. The summed E-state index contributed by atoms with van der Waals surface area (Å²) in [6.07, 6.45) is 0. The first-order valence-corrected chi connectivity index (χ1v) is 11.2. The minimum Gasteiger partial charge on any atom is -0.322 e. The van der Waals surface area contributed by atoms with Gasteiger partial charge in [-0.3, -0.25) is 0 Å². The molecule has 3 rings (SSSR count). The van der Waals surface area contributed by atoms with Crippen LogP contribution in [0.25, 0.3) is 0 Å². The summed E-state index contributed by atoms with van der Waals surface area (Å²) < 4.78 is 14.7. The average molecular weight is 362 g/mol. The molecule has 0 aliphatic rings. The molecule has 0 fully saturated rings. The van der Waals surface area contributed by atoms with Gasteiger partial charge in [0.25, 0.3) is 0 Å². The molecule has 3 aromatic carbocycles. The highest BCUT2D eigenvalue weighted by molar-refractivity contribution is 7.64. The van der Waals surface area contributed by atoms with Crippen LogP contribution in [0.2, 0.25) is 0 Å².